The van der Waals surface area contributed by atoms with Crippen LogP contribution in [0.3, 0.4) is 0 Å². The minimum atomic E-state index is -0.512. The van der Waals surface area contributed by atoms with E-state index in [4.69, 9.17) is 22.1 Å². The quantitative estimate of drug-likeness (QED) is 0.850. The number of nitrogens with one attached hydrogen (secondary N) is 1. The van der Waals surface area contributed by atoms with Crippen LogP contribution in [-0.2, 0) is 4.79 Å². The van der Waals surface area contributed by atoms with Crippen molar-refractivity contribution in [1.29, 1.82) is 0 Å². The van der Waals surface area contributed by atoms with Crippen molar-refractivity contribution < 1.29 is 9.53 Å². The summed E-state index contributed by atoms with van der Waals surface area (Å²) in [5.74, 6) is 0.399. The minimum Gasteiger partial charge on any atom is -0.497 e. The van der Waals surface area contributed by atoms with Crippen LogP contribution >= 0.6 is 11.6 Å². The molecule has 1 atom stereocenters. The summed E-state index contributed by atoms with van der Waals surface area (Å²) in [6.45, 7) is 1.98. The normalized spacial score (nSPS) is 12.0. The van der Waals surface area contributed by atoms with Gasteiger partial charge in [0.1, 0.15) is 5.75 Å². The first kappa shape index (κ1) is 13.8. The van der Waals surface area contributed by atoms with Crippen molar-refractivity contribution in [1.82, 2.24) is 0 Å². The average molecular weight is 257 g/mol. The smallest absolute Gasteiger partial charge is 0.241 e. The topological polar surface area (TPSA) is 64.4 Å². The lowest BCUT2D eigenvalue weighted by Gasteiger charge is -2.13. The third-order valence-electron chi connectivity index (χ3n) is 2.37. The highest BCUT2D eigenvalue weighted by molar-refractivity contribution is 6.33. The SMILES string of the molecule is CCCC(N)C(=O)Nc1cc(OC)ccc1Cl. The number of hydrogen-bond acceptors (Lipinski definition) is 3. The molecule has 0 saturated heterocycles. The van der Waals surface area contributed by atoms with E-state index in [2.05, 4.69) is 5.32 Å². The van der Waals surface area contributed by atoms with Crippen molar-refractivity contribution in [2.24, 2.45) is 5.73 Å². The second kappa shape index (κ2) is 6.47. The first-order chi connectivity index (χ1) is 8.08. The number of methoxy groups -OCH3 is 1. The number of carbonyl (C=O) groups excluding carboxylic acids is 1. The predicted octanol–water partition coefficient (Wildman–Crippen LogP) is 2.41. The average Bonchev–Trinajstić information content (AvgIpc) is 2.32. The summed E-state index contributed by atoms with van der Waals surface area (Å²) in [7, 11) is 1.55. The summed E-state index contributed by atoms with van der Waals surface area (Å²) in [5, 5.41) is 3.15. The van der Waals surface area contributed by atoms with Gasteiger partial charge in [-0.25, -0.2) is 0 Å². The molecule has 17 heavy (non-hydrogen) atoms. The monoisotopic (exact) mass is 256 g/mol. The Balaban J connectivity index is 2.76. The van der Waals surface area contributed by atoms with E-state index in [0.29, 0.717) is 22.9 Å². The van der Waals surface area contributed by atoms with Crippen molar-refractivity contribution in [2.45, 2.75) is 25.8 Å². The Morgan fingerprint density at radius 2 is 2.29 bits per heavy atom. The lowest BCUT2D eigenvalue weighted by molar-refractivity contribution is -0.117. The van der Waals surface area contributed by atoms with Gasteiger partial charge in [-0.2, -0.15) is 0 Å². The first-order valence-corrected chi connectivity index (χ1v) is 5.86. The Hall–Kier alpha value is -1.26. The van der Waals surface area contributed by atoms with Gasteiger partial charge < -0.3 is 15.8 Å². The highest BCUT2D eigenvalue weighted by Gasteiger charge is 2.14. The van der Waals surface area contributed by atoms with Crippen molar-refractivity contribution in [3.8, 4) is 5.75 Å². The largest absolute Gasteiger partial charge is 0.497 e. The maximum atomic E-state index is 11.7. The number of benzene rings is 1. The molecule has 0 saturated carbocycles. The van der Waals surface area contributed by atoms with Crippen LogP contribution in [0.1, 0.15) is 19.8 Å². The minimum absolute atomic E-state index is 0.234. The van der Waals surface area contributed by atoms with Crippen LogP contribution in [0.2, 0.25) is 5.02 Å². The molecule has 0 fully saturated rings. The number of anilines is 1. The summed E-state index contributed by atoms with van der Waals surface area (Å²) >= 11 is 5.97. The Morgan fingerprint density at radius 1 is 1.59 bits per heavy atom. The molecule has 0 aliphatic heterocycles. The van der Waals surface area contributed by atoms with Gasteiger partial charge in [0.2, 0.25) is 5.91 Å². The number of rotatable bonds is 5. The lowest BCUT2D eigenvalue weighted by atomic mass is 10.1. The van der Waals surface area contributed by atoms with Crippen LogP contribution in [0.4, 0.5) is 5.69 Å². The van der Waals surface area contributed by atoms with E-state index < -0.39 is 6.04 Å². The predicted molar refractivity (Wildman–Crippen MR) is 69.5 cm³/mol. The fourth-order valence-electron chi connectivity index (χ4n) is 1.39. The molecule has 4 nitrogen and oxygen atoms in total. The van der Waals surface area contributed by atoms with Crippen LogP contribution in [0, 0.1) is 0 Å². The van der Waals surface area contributed by atoms with Gasteiger partial charge in [0.05, 0.1) is 23.9 Å². The third kappa shape index (κ3) is 3.91. The summed E-state index contributed by atoms with van der Waals surface area (Å²) in [6, 6.07) is 4.55. The second-order valence-electron chi connectivity index (χ2n) is 3.73. The molecular formula is C12H17ClN2O2. The number of ether oxygens (including phenoxy) is 1. The highest BCUT2D eigenvalue weighted by Crippen LogP contribution is 2.26. The number of amides is 1. The fraction of sp³-hybridized carbons (Fsp3) is 0.417. The zero-order valence-corrected chi connectivity index (χ0v) is 10.8. The van der Waals surface area contributed by atoms with Crippen LogP contribution in [0.5, 0.6) is 5.75 Å². The number of carbonyl (C=O) groups is 1. The van der Waals surface area contributed by atoms with Crippen molar-refractivity contribution in [3.63, 3.8) is 0 Å². The van der Waals surface area contributed by atoms with Gasteiger partial charge in [-0.1, -0.05) is 24.9 Å². The molecule has 0 radical (unpaired) electrons. The van der Waals surface area contributed by atoms with Crippen molar-refractivity contribution >= 4 is 23.2 Å². The number of halogens is 1. The summed E-state index contributed by atoms with van der Waals surface area (Å²) in [5.41, 5.74) is 6.23. The molecule has 0 heterocycles. The molecule has 1 unspecified atom stereocenters. The third-order valence-corrected chi connectivity index (χ3v) is 2.70. The van der Waals surface area contributed by atoms with Crippen LogP contribution < -0.4 is 15.8 Å². The fourth-order valence-corrected chi connectivity index (χ4v) is 1.56. The highest BCUT2D eigenvalue weighted by atomic mass is 35.5. The van der Waals surface area contributed by atoms with E-state index in [1.807, 2.05) is 6.92 Å². The summed E-state index contributed by atoms with van der Waals surface area (Å²) in [6.07, 6.45) is 1.51. The second-order valence-corrected chi connectivity index (χ2v) is 4.14. The molecule has 0 spiro atoms. The molecule has 1 aromatic carbocycles. The molecule has 5 heteroatoms. The maximum absolute atomic E-state index is 11.7. The molecule has 0 bridgehead atoms. The van der Waals surface area contributed by atoms with E-state index in [1.165, 1.54) is 0 Å². The Labute approximate surface area is 106 Å². The molecule has 1 aromatic rings. The Kier molecular flexibility index (Phi) is 5.25. The molecule has 0 aliphatic rings. The van der Waals surface area contributed by atoms with Gasteiger partial charge in [0.15, 0.2) is 0 Å². The van der Waals surface area contributed by atoms with Gasteiger partial charge in [-0.3, -0.25) is 4.79 Å². The van der Waals surface area contributed by atoms with Crippen LogP contribution in [0.25, 0.3) is 0 Å². The zero-order valence-electron chi connectivity index (χ0n) is 10.00. The molecule has 1 amide bonds. The maximum Gasteiger partial charge on any atom is 0.241 e. The van der Waals surface area contributed by atoms with Crippen LogP contribution in [-0.4, -0.2) is 19.1 Å². The van der Waals surface area contributed by atoms with E-state index >= 15 is 0 Å². The van der Waals surface area contributed by atoms with Crippen molar-refractivity contribution in [3.05, 3.63) is 23.2 Å². The Morgan fingerprint density at radius 3 is 2.88 bits per heavy atom. The van der Waals surface area contributed by atoms with E-state index in [1.54, 1.807) is 25.3 Å². The van der Waals surface area contributed by atoms with E-state index in [0.717, 1.165) is 6.42 Å². The lowest BCUT2D eigenvalue weighted by Crippen LogP contribution is -2.35. The number of nitrogens with two attached hydrogens (primary N) is 1. The van der Waals surface area contributed by atoms with Gasteiger partial charge in [0.25, 0.3) is 0 Å². The van der Waals surface area contributed by atoms with E-state index in [-0.39, 0.29) is 5.91 Å². The van der Waals surface area contributed by atoms with Gasteiger partial charge in [-0.15, -0.1) is 0 Å². The standard InChI is InChI=1S/C12H17ClN2O2/c1-3-4-10(14)12(16)15-11-7-8(17-2)5-6-9(11)13/h5-7,10H,3-4,14H2,1-2H3,(H,15,16). The molecule has 0 aliphatic carbocycles. The summed E-state index contributed by atoms with van der Waals surface area (Å²) in [4.78, 5) is 11.7. The molecule has 0 aromatic heterocycles. The van der Waals surface area contributed by atoms with Gasteiger partial charge in [-0.05, 0) is 18.6 Å². The summed E-state index contributed by atoms with van der Waals surface area (Å²) < 4.78 is 5.06. The van der Waals surface area contributed by atoms with Crippen LogP contribution in [0.15, 0.2) is 18.2 Å². The molecular weight excluding hydrogens is 240 g/mol. The van der Waals surface area contributed by atoms with E-state index in [9.17, 15) is 4.79 Å². The zero-order chi connectivity index (χ0) is 12.8. The molecule has 1 rings (SSSR count). The first-order valence-electron chi connectivity index (χ1n) is 5.48. The number of hydrogen-bond donors (Lipinski definition) is 2. The molecule has 94 valence electrons. The van der Waals surface area contributed by atoms with Gasteiger partial charge in [0, 0.05) is 6.07 Å². The Bertz CT molecular complexity index is 396. The van der Waals surface area contributed by atoms with Gasteiger partial charge >= 0.3 is 0 Å². The molecule has 3 N–H and O–H groups in total. The van der Waals surface area contributed by atoms with Crippen molar-refractivity contribution in [2.75, 3.05) is 12.4 Å².